The fourth-order valence-electron chi connectivity index (χ4n) is 6.57. The average molecular weight is 473 g/mol. The van der Waals surface area contributed by atoms with Crippen LogP contribution in [-0.4, -0.2) is 49.9 Å². The number of hydrogen-bond donors (Lipinski definition) is 3. The van der Waals surface area contributed by atoms with Crippen LogP contribution in [0, 0.1) is 30.5 Å². The van der Waals surface area contributed by atoms with Crippen LogP contribution in [0.4, 0.5) is 22.0 Å². The number of rotatable bonds is 8. The number of anilines is 3. The number of hydrogen-bond acceptors (Lipinski definition) is 8. The SMILES string of the molecule is CCCC(=O)OCc1nc(N(C)C2C3CC4CC2CC(O)(C4)C3)nc(Nc2cc(C)[nH]n2)c1F. The molecule has 2 aromatic heterocycles. The zero-order valence-electron chi connectivity index (χ0n) is 20.0. The Morgan fingerprint density at radius 1 is 1.32 bits per heavy atom. The minimum Gasteiger partial charge on any atom is -0.459 e. The summed E-state index contributed by atoms with van der Waals surface area (Å²) in [5, 5.41) is 20.8. The molecule has 184 valence electrons. The first-order chi connectivity index (χ1) is 16.2. The smallest absolute Gasteiger partial charge is 0.306 e. The number of carbonyl (C=O) groups is 1. The van der Waals surface area contributed by atoms with E-state index in [9.17, 15) is 9.90 Å². The van der Waals surface area contributed by atoms with Gasteiger partial charge in [0.1, 0.15) is 12.3 Å². The van der Waals surface area contributed by atoms with Crippen molar-refractivity contribution in [3.8, 4) is 0 Å². The summed E-state index contributed by atoms with van der Waals surface area (Å²) in [6, 6.07) is 1.93. The van der Waals surface area contributed by atoms with Crippen LogP contribution in [-0.2, 0) is 16.1 Å². The molecule has 4 aliphatic rings. The van der Waals surface area contributed by atoms with Crippen LogP contribution in [0.25, 0.3) is 0 Å². The van der Waals surface area contributed by atoms with Crippen LogP contribution < -0.4 is 10.2 Å². The van der Waals surface area contributed by atoms with Crippen LogP contribution in [0.3, 0.4) is 0 Å². The Morgan fingerprint density at radius 2 is 2.06 bits per heavy atom. The Morgan fingerprint density at radius 3 is 2.68 bits per heavy atom. The summed E-state index contributed by atoms with van der Waals surface area (Å²) in [5.74, 6) is 1.04. The molecule has 10 heteroatoms. The number of halogens is 1. The zero-order chi connectivity index (χ0) is 24.0. The van der Waals surface area contributed by atoms with Crippen molar-refractivity contribution >= 4 is 23.6 Å². The molecule has 6 rings (SSSR count). The molecule has 3 N–H and O–H groups in total. The summed E-state index contributed by atoms with van der Waals surface area (Å²) in [4.78, 5) is 23.0. The normalized spacial score (nSPS) is 29.3. The highest BCUT2D eigenvalue weighted by molar-refractivity contribution is 5.69. The van der Waals surface area contributed by atoms with Crippen molar-refractivity contribution in [2.24, 2.45) is 17.8 Å². The topological polar surface area (TPSA) is 116 Å². The summed E-state index contributed by atoms with van der Waals surface area (Å²) in [6.45, 7) is 3.48. The van der Waals surface area contributed by atoms with Gasteiger partial charge in [-0.05, 0) is 63.2 Å². The van der Waals surface area contributed by atoms with Crippen molar-refractivity contribution in [2.45, 2.75) is 77.0 Å². The molecule has 2 unspecified atom stereocenters. The molecule has 2 atom stereocenters. The van der Waals surface area contributed by atoms with Gasteiger partial charge in [0, 0.05) is 31.3 Å². The third kappa shape index (κ3) is 4.35. The summed E-state index contributed by atoms with van der Waals surface area (Å²) in [6.07, 6.45) is 5.59. The maximum atomic E-state index is 15.4. The fourth-order valence-corrected chi connectivity index (χ4v) is 6.57. The van der Waals surface area contributed by atoms with E-state index in [0.717, 1.165) is 37.8 Å². The average Bonchev–Trinajstić information content (AvgIpc) is 3.17. The first-order valence-electron chi connectivity index (χ1n) is 12.2. The molecule has 4 fully saturated rings. The monoisotopic (exact) mass is 472 g/mol. The van der Waals surface area contributed by atoms with Crippen LogP contribution in [0.2, 0.25) is 0 Å². The highest BCUT2D eigenvalue weighted by Crippen LogP contribution is 2.57. The quantitative estimate of drug-likeness (QED) is 0.499. The number of aromatic amines is 1. The summed E-state index contributed by atoms with van der Waals surface area (Å²) < 4.78 is 20.6. The maximum absolute atomic E-state index is 15.4. The van der Waals surface area contributed by atoms with Crippen molar-refractivity contribution in [3.05, 3.63) is 23.3 Å². The zero-order valence-corrected chi connectivity index (χ0v) is 20.0. The van der Waals surface area contributed by atoms with Crippen molar-refractivity contribution < 1.29 is 19.0 Å². The first kappa shape index (κ1) is 23.0. The second-order valence-electron chi connectivity index (χ2n) is 10.4. The largest absolute Gasteiger partial charge is 0.459 e. The van der Waals surface area contributed by atoms with Crippen LogP contribution in [0.5, 0.6) is 0 Å². The Hall–Kier alpha value is -2.75. The molecule has 0 aliphatic heterocycles. The molecule has 2 aromatic rings. The van der Waals surface area contributed by atoms with Crippen LogP contribution in [0.15, 0.2) is 6.07 Å². The Bertz CT molecular complexity index is 1060. The predicted molar refractivity (Wildman–Crippen MR) is 124 cm³/mol. The van der Waals surface area contributed by atoms with Crippen molar-refractivity contribution in [3.63, 3.8) is 0 Å². The highest BCUT2D eigenvalue weighted by atomic mass is 19.1. The number of ether oxygens (including phenoxy) is 1. The number of esters is 1. The third-order valence-electron chi connectivity index (χ3n) is 7.64. The molecule has 4 saturated carbocycles. The molecular formula is C24H33FN6O3. The first-order valence-corrected chi connectivity index (χ1v) is 12.2. The van der Waals surface area contributed by atoms with E-state index in [4.69, 9.17) is 4.74 Å². The van der Waals surface area contributed by atoms with Gasteiger partial charge in [-0.2, -0.15) is 10.1 Å². The van der Waals surface area contributed by atoms with Crippen molar-refractivity contribution in [1.82, 2.24) is 20.2 Å². The maximum Gasteiger partial charge on any atom is 0.306 e. The number of aryl methyl sites for hydroxylation is 1. The van der Waals surface area contributed by atoms with Gasteiger partial charge >= 0.3 is 5.97 Å². The number of aromatic nitrogens is 4. The molecule has 0 amide bonds. The number of carbonyl (C=O) groups excluding carboxylic acids is 1. The van der Waals surface area contributed by atoms with Gasteiger partial charge in [0.15, 0.2) is 17.5 Å². The van der Waals surface area contributed by atoms with E-state index in [1.807, 2.05) is 25.8 Å². The molecule has 2 heterocycles. The third-order valence-corrected chi connectivity index (χ3v) is 7.64. The van der Waals surface area contributed by atoms with Crippen LogP contribution >= 0.6 is 0 Å². The molecule has 4 aliphatic carbocycles. The fraction of sp³-hybridized carbons (Fsp3) is 0.667. The minimum atomic E-state index is -0.665. The Balaban J connectivity index is 1.45. The lowest BCUT2D eigenvalue weighted by molar-refractivity contribution is -0.145. The molecule has 0 saturated heterocycles. The van der Waals surface area contributed by atoms with Gasteiger partial charge in [-0.1, -0.05) is 6.92 Å². The second-order valence-corrected chi connectivity index (χ2v) is 10.4. The molecule has 0 radical (unpaired) electrons. The minimum absolute atomic E-state index is 0.00710. The van der Waals surface area contributed by atoms with Crippen molar-refractivity contribution in [1.29, 1.82) is 0 Å². The van der Waals surface area contributed by atoms with Gasteiger partial charge in [-0.15, -0.1) is 0 Å². The number of nitrogens with one attached hydrogen (secondary N) is 2. The van der Waals surface area contributed by atoms with E-state index in [1.54, 1.807) is 6.07 Å². The van der Waals surface area contributed by atoms with E-state index in [0.29, 0.717) is 35.9 Å². The molecule has 0 spiro atoms. The molecule has 4 bridgehead atoms. The second kappa shape index (κ2) is 8.79. The van der Waals surface area contributed by atoms with Gasteiger partial charge < -0.3 is 20.1 Å². The summed E-state index contributed by atoms with van der Waals surface area (Å²) in [7, 11) is 1.94. The van der Waals surface area contributed by atoms with Gasteiger partial charge in [0.2, 0.25) is 5.95 Å². The van der Waals surface area contributed by atoms with E-state index in [1.165, 1.54) is 0 Å². The molecule has 9 nitrogen and oxygen atoms in total. The van der Waals surface area contributed by atoms with Gasteiger partial charge in [-0.3, -0.25) is 9.89 Å². The van der Waals surface area contributed by atoms with Crippen molar-refractivity contribution in [2.75, 3.05) is 17.3 Å². The summed E-state index contributed by atoms with van der Waals surface area (Å²) in [5.41, 5.74) is 0.314. The highest BCUT2D eigenvalue weighted by Gasteiger charge is 2.56. The number of aliphatic hydroxyl groups is 1. The van der Waals surface area contributed by atoms with E-state index in [-0.39, 0.29) is 36.6 Å². The van der Waals surface area contributed by atoms with E-state index >= 15 is 4.39 Å². The Kier molecular flexibility index (Phi) is 5.95. The van der Waals surface area contributed by atoms with Crippen LogP contribution in [0.1, 0.15) is 63.3 Å². The lowest BCUT2D eigenvalue weighted by Crippen LogP contribution is -2.61. The number of nitrogens with zero attached hydrogens (tertiary/aromatic N) is 4. The molecule has 0 aromatic carbocycles. The van der Waals surface area contributed by atoms with Gasteiger partial charge in [-0.25, -0.2) is 9.37 Å². The van der Waals surface area contributed by atoms with Gasteiger partial charge in [0.25, 0.3) is 0 Å². The standard InChI is InChI=1S/C24H33FN6O3/c1-4-5-19(32)34-12-17-20(25)22(27-18-6-13(2)29-30-18)28-23(26-17)31(3)21-15-7-14-8-16(21)11-24(33,9-14)10-15/h6,14-16,21,33H,4-5,7-12H2,1-3H3,(H2,26,27,28,29,30). The lowest BCUT2D eigenvalue weighted by atomic mass is 9.52. The van der Waals surface area contributed by atoms with E-state index in [2.05, 4.69) is 25.5 Å². The Labute approximate surface area is 198 Å². The number of H-pyrrole nitrogens is 1. The molecule has 34 heavy (non-hydrogen) atoms. The predicted octanol–water partition coefficient (Wildman–Crippen LogP) is 3.61. The summed E-state index contributed by atoms with van der Waals surface area (Å²) >= 11 is 0. The van der Waals surface area contributed by atoms with E-state index < -0.39 is 11.4 Å². The van der Waals surface area contributed by atoms with Gasteiger partial charge in [0.05, 0.1) is 5.60 Å². The molecular weight excluding hydrogens is 439 g/mol. The lowest BCUT2D eigenvalue weighted by Gasteiger charge is -2.59.